The topological polar surface area (TPSA) is 61.4 Å². The molecule has 0 spiro atoms. The van der Waals surface area contributed by atoms with Crippen LogP contribution in [0.2, 0.25) is 0 Å². The molecule has 0 saturated carbocycles. The zero-order valence-corrected chi connectivity index (χ0v) is 14.8. The molecule has 4 nitrogen and oxygen atoms in total. The molecule has 3 rings (SSSR count). The van der Waals surface area contributed by atoms with E-state index in [0.29, 0.717) is 6.54 Å². The lowest BCUT2D eigenvalue weighted by Crippen LogP contribution is -2.37. The highest BCUT2D eigenvalue weighted by atomic mass is 16.3. The van der Waals surface area contributed by atoms with E-state index in [1.165, 1.54) is 0 Å². The second-order valence-electron chi connectivity index (χ2n) is 7.42. The lowest BCUT2D eigenvalue weighted by molar-refractivity contribution is -0.126. The first-order valence-electron chi connectivity index (χ1n) is 8.80. The average molecular weight is 338 g/mol. The number of carbonyl (C=O) groups excluding carboxylic acids is 1. The van der Waals surface area contributed by atoms with Crippen molar-refractivity contribution in [1.82, 2.24) is 10.6 Å². The maximum Gasteiger partial charge on any atom is 0.225 e. The Kier molecular flexibility index (Phi) is 5.21. The van der Waals surface area contributed by atoms with Gasteiger partial charge in [-0.3, -0.25) is 4.79 Å². The number of nitrogens with one attached hydrogen (secondary N) is 2. The number of carbonyl (C=O) groups is 1. The second-order valence-corrected chi connectivity index (χ2v) is 7.42. The molecule has 1 fully saturated rings. The molecule has 3 N–H and O–H groups in total. The van der Waals surface area contributed by atoms with Gasteiger partial charge in [-0.2, -0.15) is 0 Å². The summed E-state index contributed by atoms with van der Waals surface area (Å²) < 4.78 is 0. The molecule has 4 heteroatoms. The number of aliphatic hydroxyl groups is 1. The fourth-order valence-electron chi connectivity index (χ4n) is 3.46. The van der Waals surface area contributed by atoms with Crippen LogP contribution in [-0.4, -0.2) is 23.1 Å². The molecule has 0 radical (unpaired) electrons. The van der Waals surface area contributed by atoms with Crippen LogP contribution in [0.3, 0.4) is 0 Å². The Labute approximate surface area is 149 Å². The zero-order chi connectivity index (χ0) is 17.9. The molecular weight excluding hydrogens is 312 g/mol. The first kappa shape index (κ1) is 17.6. The first-order chi connectivity index (χ1) is 12.0. The summed E-state index contributed by atoms with van der Waals surface area (Å²) in [5, 5.41) is 17.4. The van der Waals surface area contributed by atoms with E-state index in [0.717, 1.165) is 17.5 Å². The van der Waals surface area contributed by atoms with Crippen LogP contribution in [0.15, 0.2) is 60.7 Å². The van der Waals surface area contributed by atoms with Crippen molar-refractivity contribution in [3.8, 4) is 0 Å². The van der Waals surface area contributed by atoms with Gasteiger partial charge in [-0.25, -0.2) is 0 Å². The minimum Gasteiger partial charge on any atom is -0.386 e. The van der Waals surface area contributed by atoms with Gasteiger partial charge in [0.2, 0.25) is 5.91 Å². The first-order valence-corrected chi connectivity index (χ1v) is 8.80. The van der Waals surface area contributed by atoms with Gasteiger partial charge < -0.3 is 15.7 Å². The Hall–Kier alpha value is -2.17. The molecule has 3 atom stereocenters. The van der Waals surface area contributed by atoms with E-state index in [2.05, 4.69) is 24.5 Å². The number of aliphatic hydroxyl groups excluding tert-OH is 1. The van der Waals surface area contributed by atoms with E-state index in [1.807, 2.05) is 60.7 Å². The molecule has 0 bridgehead atoms. The molecule has 132 valence electrons. The molecule has 1 aliphatic rings. The molecule has 2 aromatic carbocycles. The summed E-state index contributed by atoms with van der Waals surface area (Å²) in [6.45, 7) is 4.88. The van der Waals surface area contributed by atoms with Gasteiger partial charge in [0, 0.05) is 12.1 Å². The van der Waals surface area contributed by atoms with Crippen LogP contribution in [0, 0.1) is 5.92 Å². The largest absolute Gasteiger partial charge is 0.386 e. The van der Waals surface area contributed by atoms with Crippen molar-refractivity contribution in [2.75, 3.05) is 6.54 Å². The van der Waals surface area contributed by atoms with Crippen LogP contribution in [-0.2, 0) is 4.79 Å². The summed E-state index contributed by atoms with van der Waals surface area (Å²) in [4.78, 5) is 12.8. The highest BCUT2D eigenvalue weighted by Gasteiger charge is 2.36. The Bertz CT molecular complexity index is 700. The maximum atomic E-state index is 12.8. The van der Waals surface area contributed by atoms with Gasteiger partial charge in [-0.05, 0) is 31.4 Å². The number of rotatable bonds is 5. The van der Waals surface area contributed by atoms with Crippen LogP contribution in [0.5, 0.6) is 0 Å². The third-order valence-electron chi connectivity index (χ3n) is 4.87. The predicted molar refractivity (Wildman–Crippen MR) is 98.9 cm³/mol. The number of benzene rings is 2. The maximum absolute atomic E-state index is 12.8. The van der Waals surface area contributed by atoms with E-state index in [-0.39, 0.29) is 17.4 Å². The van der Waals surface area contributed by atoms with Crippen LogP contribution >= 0.6 is 0 Å². The molecule has 1 saturated heterocycles. The summed E-state index contributed by atoms with van der Waals surface area (Å²) >= 11 is 0. The Morgan fingerprint density at radius 2 is 1.64 bits per heavy atom. The lowest BCUT2D eigenvalue weighted by atomic mass is 9.93. The SMILES string of the molecule is CC1(C)CC(C(=O)N[C@@H](c2ccccc2)[C@H](O)c2ccccc2)CN1. The fraction of sp³-hybridized carbons (Fsp3) is 0.381. The second kappa shape index (κ2) is 7.38. The van der Waals surface area contributed by atoms with E-state index < -0.39 is 12.1 Å². The Balaban J connectivity index is 1.81. The molecule has 1 heterocycles. The number of hydrogen-bond donors (Lipinski definition) is 3. The standard InChI is InChI=1S/C21H26N2O2/c1-21(2)13-17(14-22-21)20(25)23-18(15-9-5-3-6-10-15)19(24)16-11-7-4-8-12-16/h3-12,17-19,22,24H,13-14H2,1-2H3,(H,23,25)/t17?,18-,19+/m0/s1. The van der Waals surface area contributed by atoms with Gasteiger partial charge in [0.05, 0.1) is 12.0 Å². The summed E-state index contributed by atoms with van der Waals surface area (Å²) in [5.74, 6) is -0.0916. The third-order valence-corrected chi connectivity index (χ3v) is 4.87. The van der Waals surface area contributed by atoms with Crippen molar-refractivity contribution >= 4 is 5.91 Å². The molecule has 1 amide bonds. The number of amides is 1. The van der Waals surface area contributed by atoms with E-state index in [9.17, 15) is 9.90 Å². The minimum absolute atomic E-state index is 0.0121. The quantitative estimate of drug-likeness (QED) is 0.785. The van der Waals surface area contributed by atoms with Crippen molar-refractivity contribution in [3.63, 3.8) is 0 Å². The molecule has 1 aliphatic heterocycles. The summed E-state index contributed by atoms with van der Waals surface area (Å²) in [6, 6.07) is 18.7. The molecule has 1 unspecified atom stereocenters. The van der Waals surface area contributed by atoms with Crippen LogP contribution in [0.25, 0.3) is 0 Å². The Morgan fingerprint density at radius 3 is 2.16 bits per heavy atom. The smallest absolute Gasteiger partial charge is 0.225 e. The van der Waals surface area contributed by atoms with Gasteiger partial charge in [-0.1, -0.05) is 60.7 Å². The Morgan fingerprint density at radius 1 is 1.08 bits per heavy atom. The van der Waals surface area contributed by atoms with Crippen molar-refractivity contribution in [1.29, 1.82) is 0 Å². The van der Waals surface area contributed by atoms with E-state index in [1.54, 1.807) is 0 Å². The minimum atomic E-state index is -0.796. The van der Waals surface area contributed by atoms with Gasteiger partial charge in [0.1, 0.15) is 6.10 Å². The molecular formula is C21H26N2O2. The predicted octanol–water partition coefficient (Wildman–Crippen LogP) is 2.97. The van der Waals surface area contributed by atoms with Crippen LogP contribution in [0.4, 0.5) is 0 Å². The van der Waals surface area contributed by atoms with Crippen molar-refractivity contribution < 1.29 is 9.90 Å². The van der Waals surface area contributed by atoms with Crippen molar-refractivity contribution in [2.45, 2.75) is 38.0 Å². The average Bonchev–Trinajstić information content (AvgIpc) is 3.00. The van der Waals surface area contributed by atoms with Crippen LogP contribution < -0.4 is 10.6 Å². The van der Waals surface area contributed by atoms with Crippen molar-refractivity contribution in [3.05, 3.63) is 71.8 Å². The van der Waals surface area contributed by atoms with Gasteiger partial charge >= 0.3 is 0 Å². The summed E-state index contributed by atoms with van der Waals surface area (Å²) in [6.07, 6.45) is -0.00294. The highest BCUT2D eigenvalue weighted by molar-refractivity contribution is 5.80. The van der Waals surface area contributed by atoms with E-state index in [4.69, 9.17) is 0 Å². The van der Waals surface area contributed by atoms with Gasteiger partial charge in [0.15, 0.2) is 0 Å². The normalized spacial score (nSPS) is 21.5. The number of hydrogen-bond acceptors (Lipinski definition) is 3. The molecule has 0 aliphatic carbocycles. The van der Waals surface area contributed by atoms with Gasteiger partial charge in [-0.15, -0.1) is 0 Å². The zero-order valence-electron chi connectivity index (χ0n) is 14.8. The fourth-order valence-corrected chi connectivity index (χ4v) is 3.46. The van der Waals surface area contributed by atoms with E-state index >= 15 is 0 Å². The lowest BCUT2D eigenvalue weighted by Gasteiger charge is -2.26. The molecule has 2 aromatic rings. The summed E-state index contributed by atoms with van der Waals surface area (Å²) in [7, 11) is 0. The summed E-state index contributed by atoms with van der Waals surface area (Å²) in [5.41, 5.74) is 1.67. The highest BCUT2D eigenvalue weighted by Crippen LogP contribution is 2.30. The van der Waals surface area contributed by atoms with Crippen molar-refractivity contribution in [2.24, 2.45) is 5.92 Å². The molecule has 0 aromatic heterocycles. The molecule has 25 heavy (non-hydrogen) atoms. The third kappa shape index (κ3) is 4.27. The van der Waals surface area contributed by atoms with Gasteiger partial charge in [0.25, 0.3) is 0 Å². The van der Waals surface area contributed by atoms with Crippen LogP contribution in [0.1, 0.15) is 43.5 Å². The monoisotopic (exact) mass is 338 g/mol.